The van der Waals surface area contributed by atoms with Crippen molar-refractivity contribution in [2.24, 2.45) is 11.8 Å². The minimum absolute atomic E-state index is 0. The molecule has 1 saturated heterocycles. The molecule has 0 aromatic heterocycles. The number of hydrogen-bond donors (Lipinski definition) is 1. The molecule has 0 atom stereocenters. The molecule has 1 N–H and O–H groups in total. The first-order valence-electron chi connectivity index (χ1n) is 7.23. The van der Waals surface area contributed by atoms with Crippen LogP contribution in [0.4, 0.5) is 0 Å². The number of carbonyl (C=O) groups excluding carboxylic acids is 2. The van der Waals surface area contributed by atoms with Crippen LogP contribution in [-0.2, 0) is 19.1 Å². The lowest BCUT2D eigenvalue weighted by molar-refractivity contribution is -0.162. The Morgan fingerprint density at radius 3 is 2.05 bits per heavy atom. The molecule has 0 aromatic rings. The summed E-state index contributed by atoms with van der Waals surface area (Å²) in [5, 5.41) is 3.31. The van der Waals surface area contributed by atoms with Gasteiger partial charge in [-0.05, 0) is 58.5 Å². The molecular weight excluding hydrogens is 282 g/mol. The van der Waals surface area contributed by atoms with Gasteiger partial charge in [0.15, 0.2) is 5.92 Å². The zero-order valence-electron chi connectivity index (χ0n) is 12.4. The highest BCUT2D eigenvalue weighted by Crippen LogP contribution is 2.22. The molecule has 0 saturated carbocycles. The van der Waals surface area contributed by atoms with Gasteiger partial charge in [0.2, 0.25) is 0 Å². The number of carbonyl (C=O) groups is 2. The number of halogens is 1. The van der Waals surface area contributed by atoms with E-state index in [-0.39, 0.29) is 12.4 Å². The van der Waals surface area contributed by atoms with Crippen LogP contribution in [-0.4, -0.2) is 38.2 Å². The minimum atomic E-state index is -0.755. The second-order valence-corrected chi connectivity index (χ2v) is 4.83. The summed E-state index contributed by atoms with van der Waals surface area (Å²) < 4.78 is 9.92. The van der Waals surface area contributed by atoms with Crippen molar-refractivity contribution in [3.63, 3.8) is 0 Å². The van der Waals surface area contributed by atoms with Gasteiger partial charge in [-0.1, -0.05) is 0 Å². The summed E-state index contributed by atoms with van der Waals surface area (Å²) in [5.41, 5.74) is 0. The summed E-state index contributed by atoms with van der Waals surface area (Å²) in [7, 11) is 0. The molecule has 1 fully saturated rings. The lowest BCUT2D eigenvalue weighted by atomic mass is 9.89. The van der Waals surface area contributed by atoms with Crippen molar-refractivity contribution in [1.82, 2.24) is 5.32 Å². The summed E-state index contributed by atoms with van der Waals surface area (Å²) in [6, 6.07) is 0. The van der Waals surface area contributed by atoms with Crippen LogP contribution in [0.1, 0.15) is 39.5 Å². The van der Waals surface area contributed by atoms with Crippen LogP contribution >= 0.6 is 12.4 Å². The average molecular weight is 308 g/mol. The fourth-order valence-electron chi connectivity index (χ4n) is 2.39. The van der Waals surface area contributed by atoms with Crippen LogP contribution in [0.3, 0.4) is 0 Å². The molecular formula is C14H26ClNO4. The van der Waals surface area contributed by atoms with E-state index in [1.54, 1.807) is 13.8 Å². The Hall–Kier alpha value is -0.810. The Kier molecular flexibility index (Phi) is 10.5. The zero-order chi connectivity index (χ0) is 14.1. The quantitative estimate of drug-likeness (QED) is 0.575. The fraction of sp³-hybridized carbons (Fsp3) is 0.857. The van der Waals surface area contributed by atoms with E-state index in [2.05, 4.69) is 5.32 Å². The maximum atomic E-state index is 11.8. The van der Waals surface area contributed by atoms with Crippen molar-refractivity contribution in [3.8, 4) is 0 Å². The predicted octanol–water partition coefficient (Wildman–Crippen LogP) is 1.93. The maximum absolute atomic E-state index is 11.8. The molecule has 0 bridgehead atoms. The van der Waals surface area contributed by atoms with Crippen LogP contribution < -0.4 is 5.32 Å². The number of ether oxygens (including phenoxy) is 2. The summed E-state index contributed by atoms with van der Waals surface area (Å²) in [6.07, 6.45) is 3.63. The van der Waals surface area contributed by atoms with Crippen LogP contribution in [0.25, 0.3) is 0 Å². The topological polar surface area (TPSA) is 64.6 Å². The Morgan fingerprint density at radius 1 is 1.10 bits per heavy atom. The van der Waals surface area contributed by atoms with Gasteiger partial charge in [0, 0.05) is 0 Å². The van der Waals surface area contributed by atoms with Gasteiger partial charge in [0.05, 0.1) is 13.2 Å². The summed E-state index contributed by atoms with van der Waals surface area (Å²) >= 11 is 0. The number of hydrogen-bond acceptors (Lipinski definition) is 5. The lowest BCUT2D eigenvalue weighted by Gasteiger charge is -2.23. The van der Waals surface area contributed by atoms with E-state index in [0.29, 0.717) is 25.6 Å². The van der Waals surface area contributed by atoms with Gasteiger partial charge >= 0.3 is 11.9 Å². The van der Waals surface area contributed by atoms with E-state index in [0.717, 1.165) is 32.4 Å². The SMILES string of the molecule is CCOC(=O)C(CCC1CCNCC1)C(=O)OCC.Cl. The van der Waals surface area contributed by atoms with Crippen molar-refractivity contribution in [3.05, 3.63) is 0 Å². The van der Waals surface area contributed by atoms with E-state index in [4.69, 9.17) is 9.47 Å². The molecule has 118 valence electrons. The van der Waals surface area contributed by atoms with Crippen LogP contribution in [0.2, 0.25) is 0 Å². The second-order valence-electron chi connectivity index (χ2n) is 4.83. The molecule has 0 amide bonds. The Labute approximate surface area is 127 Å². The molecule has 6 heteroatoms. The van der Waals surface area contributed by atoms with Gasteiger partial charge < -0.3 is 14.8 Å². The van der Waals surface area contributed by atoms with Gasteiger partial charge in [0.1, 0.15) is 0 Å². The number of nitrogens with one attached hydrogen (secondary N) is 1. The molecule has 1 aliphatic heterocycles. The third-order valence-corrected chi connectivity index (χ3v) is 3.46. The zero-order valence-corrected chi connectivity index (χ0v) is 13.2. The van der Waals surface area contributed by atoms with Gasteiger partial charge in [-0.3, -0.25) is 9.59 Å². The number of esters is 2. The molecule has 0 radical (unpaired) electrons. The number of piperidine rings is 1. The molecule has 0 unspecified atom stereocenters. The van der Waals surface area contributed by atoms with Gasteiger partial charge in [-0.25, -0.2) is 0 Å². The van der Waals surface area contributed by atoms with E-state index in [1.165, 1.54) is 0 Å². The van der Waals surface area contributed by atoms with E-state index < -0.39 is 17.9 Å². The summed E-state index contributed by atoms with van der Waals surface area (Å²) in [4.78, 5) is 23.6. The highest BCUT2D eigenvalue weighted by atomic mass is 35.5. The van der Waals surface area contributed by atoms with Crippen molar-refractivity contribution in [1.29, 1.82) is 0 Å². The first-order valence-corrected chi connectivity index (χ1v) is 7.23. The van der Waals surface area contributed by atoms with Crippen molar-refractivity contribution in [2.45, 2.75) is 39.5 Å². The molecule has 5 nitrogen and oxygen atoms in total. The van der Waals surface area contributed by atoms with E-state index in [9.17, 15) is 9.59 Å². The Morgan fingerprint density at radius 2 is 1.60 bits per heavy atom. The van der Waals surface area contributed by atoms with Crippen molar-refractivity contribution < 1.29 is 19.1 Å². The molecule has 0 spiro atoms. The molecule has 0 aromatic carbocycles. The van der Waals surface area contributed by atoms with Crippen LogP contribution in [0.5, 0.6) is 0 Å². The highest BCUT2D eigenvalue weighted by molar-refractivity contribution is 5.94. The summed E-state index contributed by atoms with van der Waals surface area (Å²) in [5.74, 6) is -1.06. The normalized spacial score (nSPS) is 15.6. The third kappa shape index (κ3) is 6.57. The van der Waals surface area contributed by atoms with E-state index in [1.807, 2.05) is 0 Å². The van der Waals surface area contributed by atoms with Gasteiger partial charge in [-0.2, -0.15) is 0 Å². The Bertz CT molecular complexity index is 275. The first-order chi connectivity index (χ1) is 9.19. The van der Waals surface area contributed by atoms with Crippen LogP contribution in [0, 0.1) is 11.8 Å². The third-order valence-electron chi connectivity index (χ3n) is 3.46. The highest BCUT2D eigenvalue weighted by Gasteiger charge is 2.30. The smallest absolute Gasteiger partial charge is 0.320 e. The minimum Gasteiger partial charge on any atom is -0.465 e. The van der Waals surface area contributed by atoms with Crippen molar-refractivity contribution in [2.75, 3.05) is 26.3 Å². The maximum Gasteiger partial charge on any atom is 0.320 e. The fourth-order valence-corrected chi connectivity index (χ4v) is 2.39. The average Bonchev–Trinajstić information content (AvgIpc) is 2.41. The predicted molar refractivity (Wildman–Crippen MR) is 78.8 cm³/mol. The molecule has 1 heterocycles. The Balaban J connectivity index is 0.00000361. The van der Waals surface area contributed by atoms with Gasteiger partial charge in [-0.15, -0.1) is 12.4 Å². The second kappa shape index (κ2) is 10.9. The molecule has 1 rings (SSSR count). The van der Waals surface area contributed by atoms with Gasteiger partial charge in [0.25, 0.3) is 0 Å². The number of rotatable bonds is 7. The molecule has 20 heavy (non-hydrogen) atoms. The lowest BCUT2D eigenvalue weighted by Crippen LogP contribution is -2.31. The monoisotopic (exact) mass is 307 g/mol. The largest absolute Gasteiger partial charge is 0.465 e. The molecule has 0 aliphatic carbocycles. The van der Waals surface area contributed by atoms with E-state index >= 15 is 0 Å². The van der Waals surface area contributed by atoms with Crippen LogP contribution in [0.15, 0.2) is 0 Å². The van der Waals surface area contributed by atoms with Crippen molar-refractivity contribution >= 4 is 24.3 Å². The first kappa shape index (κ1) is 19.2. The standard InChI is InChI=1S/C14H25NO4.ClH/c1-3-18-13(16)12(14(17)19-4-2)6-5-11-7-9-15-10-8-11;/h11-12,15H,3-10H2,1-2H3;1H. The summed E-state index contributed by atoms with van der Waals surface area (Å²) in [6.45, 7) is 6.12. The molecule has 1 aliphatic rings.